The number of aliphatic hydroxyl groups is 2. The van der Waals surface area contributed by atoms with Gasteiger partial charge in [-0.25, -0.2) is 4.98 Å². The lowest BCUT2D eigenvalue weighted by molar-refractivity contribution is -0.144. The van der Waals surface area contributed by atoms with Crippen molar-refractivity contribution in [2.24, 2.45) is 0 Å². The number of ether oxygens (including phenoxy) is 1. The molecule has 0 aliphatic heterocycles. The molecule has 1 aromatic heterocycles. The van der Waals surface area contributed by atoms with Gasteiger partial charge in [0, 0.05) is 11.3 Å². The van der Waals surface area contributed by atoms with Crippen molar-refractivity contribution in [3.8, 4) is 0 Å². The van der Waals surface area contributed by atoms with Crippen LogP contribution in [0, 0.1) is 12.9 Å². The molecule has 0 saturated carbocycles. The second-order valence-electron chi connectivity index (χ2n) is 3.60. The Balaban J connectivity index is 2.81. The number of aliphatic hydroxyl groups excluding tert-OH is 2. The van der Waals surface area contributed by atoms with E-state index in [-0.39, 0.29) is 17.7 Å². The first-order valence-corrected chi connectivity index (χ1v) is 5.01. The molecule has 0 aliphatic rings. The van der Waals surface area contributed by atoms with Crippen molar-refractivity contribution < 1.29 is 24.1 Å². The fraction of sp³-hybridized carbons (Fsp3) is 0.455. The number of aromatic nitrogens is 1. The summed E-state index contributed by atoms with van der Waals surface area (Å²) in [6, 6.07) is 2.40. The van der Waals surface area contributed by atoms with Gasteiger partial charge in [0.05, 0.1) is 19.6 Å². The molecule has 6 heteroatoms. The van der Waals surface area contributed by atoms with Crippen LogP contribution in [0.3, 0.4) is 0 Å². The molecule has 2 N–H and O–H groups in total. The Kier molecular flexibility index (Phi) is 4.53. The van der Waals surface area contributed by atoms with Crippen molar-refractivity contribution in [1.29, 1.82) is 0 Å². The van der Waals surface area contributed by atoms with E-state index >= 15 is 0 Å². The number of carbonyl (C=O) groups excluding carboxylic acids is 1. The molecule has 2 unspecified atom stereocenters. The van der Waals surface area contributed by atoms with Crippen LogP contribution in [0.2, 0.25) is 0 Å². The summed E-state index contributed by atoms with van der Waals surface area (Å²) < 4.78 is 17.1. The molecule has 1 rings (SSSR count). The van der Waals surface area contributed by atoms with E-state index < -0.39 is 24.1 Å². The van der Waals surface area contributed by atoms with E-state index in [0.717, 1.165) is 6.07 Å². The van der Waals surface area contributed by atoms with E-state index in [2.05, 4.69) is 9.72 Å². The standard InChI is InChI=1S/C11H14FNO4/c1-6-7(3-4-9(12)13-6)11(16)8(14)5-10(15)17-2/h3-4,8,11,14,16H,5H2,1-2H3. The maximum Gasteiger partial charge on any atom is 0.308 e. The predicted molar refractivity (Wildman–Crippen MR) is 56.5 cm³/mol. The lowest BCUT2D eigenvalue weighted by Gasteiger charge is -2.18. The lowest BCUT2D eigenvalue weighted by atomic mass is 10.0. The van der Waals surface area contributed by atoms with E-state index in [1.165, 1.54) is 20.1 Å². The van der Waals surface area contributed by atoms with Crippen LogP contribution in [0.1, 0.15) is 23.8 Å². The zero-order chi connectivity index (χ0) is 13.0. The smallest absolute Gasteiger partial charge is 0.308 e. The lowest BCUT2D eigenvalue weighted by Crippen LogP contribution is -2.23. The summed E-state index contributed by atoms with van der Waals surface area (Å²) >= 11 is 0. The van der Waals surface area contributed by atoms with Gasteiger partial charge in [0.2, 0.25) is 5.95 Å². The van der Waals surface area contributed by atoms with E-state index in [0.29, 0.717) is 0 Å². The molecular weight excluding hydrogens is 229 g/mol. The van der Waals surface area contributed by atoms with Crippen molar-refractivity contribution >= 4 is 5.97 Å². The Labute approximate surface area is 97.9 Å². The van der Waals surface area contributed by atoms with Gasteiger partial charge < -0.3 is 14.9 Å². The largest absolute Gasteiger partial charge is 0.469 e. The Morgan fingerprint density at radius 2 is 2.18 bits per heavy atom. The third-order valence-corrected chi connectivity index (χ3v) is 2.38. The van der Waals surface area contributed by atoms with Gasteiger partial charge in [-0.3, -0.25) is 4.79 Å². The van der Waals surface area contributed by atoms with Crippen molar-refractivity contribution in [1.82, 2.24) is 4.98 Å². The summed E-state index contributed by atoms with van der Waals surface area (Å²) in [6.07, 6.45) is -2.95. The quantitative estimate of drug-likeness (QED) is 0.594. The summed E-state index contributed by atoms with van der Waals surface area (Å²) in [5.41, 5.74) is 0.546. The van der Waals surface area contributed by atoms with Crippen LogP contribution in [0.25, 0.3) is 0 Å². The average Bonchev–Trinajstić information content (AvgIpc) is 2.28. The number of halogens is 1. The third kappa shape index (κ3) is 3.47. The van der Waals surface area contributed by atoms with Gasteiger partial charge in [0.1, 0.15) is 6.10 Å². The number of rotatable bonds is 4. The molecule has 1 aromatic rings. The fourth-order valence-corrected chi connectivity index (χ4v) is 1.43. The maximum atomic E-state index is 12.7. The molecule has 0 saturated heterocycles. The molecule has 94 valence electrons. The third-order valence-electron chi connectivity index (χ3n) is 2.38. The normalized spacial score (nSPS) is 14.2. The van der Waals surface area contributed by atoms with E-state index in [9.17, 15) is 19.4 Å². The van der Waals surface area contributed by atoms with E-state index in [1.54, 1.807) is 0 Å². The zero-order valence-corrected chi connectivity index (χ0v) is 9.55. The minimum absolute atomic E-state index is 0.265. The van der Waals surface area contributed by atoms with Crippen molar-refractivity contribution in [3.05, 3.63) is 29.3 Å². The summed E-state index contributed by atoms with van der Waals surface area (Å²) in [6.45, 7) is 1.51. The molecular formula is C11H14FNO4. The molecule has 0 fully saturated rings. The van der Waals surface area contributed by atoms with Crippen LogP contribution < -0.4 is 0 Å². The van der Waals surface area contributed by atoms with Gasteiger partial charge in [-0.2, -0.15) is 4.39 Å². The second kappa shape index (κ2) is 5.70. The summed E-state index contributed by atoms with van der Waals surface area (Å²) in [5.74, 6) is -1.30. The number of pyridine rings is 1. The highest BCUT2D eigenvalue weighted by Gasteiger charge is 2.23. The second-order valence-corrected chi connectivity index (χ2v) is 3.60. The number of nitrogens with zero attached hydrogens (tertiary/aromatic N) is 1. The summed E-state index contributed by atoms with van der Waals surface area (Å²) in [4.78, 5) is 14.5. The fourth-order valence-electron chi connectivity index (χ4n) is 1.43. The highest BCUT2D eigenvalue weighted by molar-refractivity contribution is 5.69. The molecule has 0 amide bonds. The topological polar surface area (TPSA) is 79.7 Å². The highest BCUT2D eigenvalue weighted by Crippen LogP contribution is 2.21. The maximum absolute atomic E-state index is 12.7. The average molecular weight is 243 g/mol. The minimum Gasteiger partial charge on any atom is -0.469 e. The number of hydrogen-bond donors (Lipinski definition) is 2. The Bertz CT molecular complexity index is 410. The van der Waals surface area contributed by atoms with Gasteiger partial charge >= 0.3 is 5.97 Å². The summed E-state index contributed by atoms with van der Waals surface area (Å²) in [7, 11) is 1.19. The van der Waals surface area contributed by atoms with Crippen molar-refractivity contribution in [2.75, 3.05) is 7.11 Å². The summed E-state index contributed by atoms with van der Waals surface area (Å²) in [5, 5.41) is 19.4. The molecule has 0 aromatic carbocycles. The first-order valence-electron chi connectivity index (χ1n) is 5.01. The first kappa shape index (κ1) is 13.5. The highest BCUT2D eigenvalue weighted by atomic mass is 19.1. The molecule has 0 aliphatic carbocycles. The van der Waals surface area contributed by atoms with Gasteiger partial charge in [0.25, 0.3) is 0 Å². The Morgan fingerprint density at radius 3 is 2.71 bits per heavy atom. The van der Waals surface area contributed by atoms with E-state index in [1.807, 2.05) is 0 Å². The van der Waals surface area contributed by atoms with Crippen LogP contribution in [0.4, 0.5) is 4.39 Å². The molecule has 5 nitrogen and oxygen atoms in total. The van der Waals surface area contributed by atoms with Crippen LogP contribution >= 0.6 is 0 Å². The van der Waals surface area contributed by atoms with Crippen molar-refractivity contribution in [3.63, 3.8) is 0 Å². The van der Waals surface area contributed by atoms with Gasteiger partial charge in [-0.15, -0.1) is 0 Å². The Morgan fingerprint density at radius 1 is 1.53 bits per heavy atom. The number of esters is 1. The SMILES string of the molecule is COC(=O)CC(O)C(O)c1ccc(F)nc1C. The number of hydrogen-bond acceptors (Lipinski definition) is 5. The number of carbonyl (C=O) groups is 1. The molecule has 1 heterocycles. The van der Waals surface area contributed by atoms with Crippen LogP contribution in [-0.4, -0.2) is 34.4 Å². The Hall–Kier alpha value is -1.53. The predicted octanol–water partition coefficient (Wildman–Crippen LogP) is 0.487. The van der Waals surface area contributed by atoms with Crippen molar-refractivity contribution in [2.45, 2.75) is 25.6 Å². The molecule has 2 atom stereocenters. The van der Waals surface area contributed by atoms with Gasteiger partial charge in [-0.1, -0.05) is 0 Å². The minimum atomic E-state index is -1.31. The van der Waals surface area contributed by atoms with E-state index in [4.69, 9.17) is 0 Å². The monoisotopic (exact) mass is 243 g/mol. The van der Waals surface area contributed by atoms with Gasteiger partial charge in [-0.05, 0) is 19.1 Å². The zero-order valence-electron chi connectivity index (χ0n) is 9.55. The van der Waals surface area contributed by atoms with Crippen LogP contribution in [0.15, 0.2) is 12.1 Å². The molecule has 17 heavy (non-hydrogen) atoms. The van der Waals surface area contributed by atoms with Crippen LogP contribution in [0.5, 0.6) is 0 Å². The first-order chi connectivity index (χ1) is 7.95. The molecule has 0 radical (unpaired) electrons. The number of methoxy groups -OCH3 is 1. The van der Waals surface area contributed by atoms with Gasteiger partial charge in [0.15, 0.2) is 0 Å². The molecule has 0 bridgehead atoms. The van der Waals surface area contributed by atoms with Crippen LogP contribution in [-0.2, 0) is 9.53 Å². The molecule has 0 spiro atoms. The number of aryl methyl sites for hydroxylation is 1.